The van der Waals surface area contributed by atoms with Gasteiger partial charge in [-0.05, 0) is 44.2 Å². The summed E-state index contributed by atoms with van der Waals surface area (Å²) in [4.78, 5) is 26.0. The van der Waals surface area contributed by atoms with E-state index in [1.807, 2.05) is 19.1 Å². The maximum Gasteiger partial charge on any atom is 0.291 e. The first-order chi connectivity index (χ1) is 14.0. The van der Waals surface area contributed by atoms with E-state index in [1.165, 1.54) is 10.2 Å². The minimum Gasteiger partial charge on any atom is -0.463 e. The highest BCUT2D eigenvalue weighted by Crippen LogP contribution is 2.29. The minimum absolute atomic E-state index is 0.0360. The van der Waals surface area contributed by atoms with E-state index >= 15 is 0 Å². The third-order valence-corrected chi connectivity index (χ3v) is 5.86. The molecule has 0 saturated heterocycles. The lowest BCUT2D eigenvalue weighted by atomic mass is 9.87. The van der Waals surface area contributed by atoms with Gasteiger partial charge in [-0.1, -0.05) is 24.3 Å². The Morgan fingerprint density at radius 1 is 1.28 bits per heavy atom. The Kier molecular flexibility index (Phi) is 4.04. The maximum atomic E-state index is 13.0. The molecule has 29 heavy (non-hydrogen) atoms. The van der Waals surface area contributed by atoms with Crippen LogP contribution in [0, 0.1) is 6.92 Å². The molecule has 0 spiro atoms. The standard InChI is InChI=1S/C22H22N4O3/c1-13(21(27)23-17-9-5-7-15-6-3-4-8-16(15)17)26-22(28)19-12-20-18(10-11-29-20)25(19)14(2)24-26/h3-4,6,8,10-13,17H,5,7,9H2,1-2H3,(H,23,27)/t13-,17+/m0/s1. The van der Waals surface area contributed by atoms with Crippen LogP contribution in [0.2, 0.25) is 0 Å². The molecule has 1 aromatic carbocycles. The Morgan fingerprint density at radius 3 is 2.97 bits per heavy atom. The van der Waals surface area contributed by atoms with Crippen LogP contribution in [-0.2, 0) is 11.2 Å². The van der Waals surface area contributed by atoms with Crippen molar-refractivity contribution in [3.63, 3.8) is 0 Å². The second-order valence-electron chi connectivity index (χ2n) is 7.66. The molecule has 3 heterocycles. The van der Waals surface area contributed by atoms with Gasteiger partial charge in [-0.2, -0.15) is 5.10 Å². The molecular formula is C22H22N4O3. The summed E-state index contributed by atoms with van der Waals surface area (Å²) in [5.41, 5.74) is 4.01. The van der Waals surface area contributed by atoms with E-state index in [2.05, 4.69) is 22.5 Å². The number of nitrogens with one attached hydrogen (secondary N) is 1. The van der Waals surface area contributed by atoms with Crippen molar-refractivity contribution in [2.75, 3.05) is 0 Å². The zero-order valence-electron chi connectivity index (χ0n) is 16.4. The van der Waals surface area contributed by atoms with Gasteiger partial charge >= 0.3 is 0 Å². The van der Waals surface area contributed by atoms with Gasteiger partial charge in [0.05, 0.1) is 17.8 Å². The number of amides is 1. The topological polar surface area (TPSA) is 81.5 Å². The van der Waals surface area contributed by atoms with Crippen molar-refractivity contribution in [1.82, 2.24) is 19.5 Å². The van der Waals surface area contributed by atoms with Gasteiger partial charge in [0.15, 0.2) is 5.58 Å². The molecule has 1 aliphatic carbocycles. The van der Waals surface area contributed by atoms with E-state index in [0.29, 0.717) is 16.9 Å². The van der Waals surface area contributed by atoms with E-state index < -0.39 is 6.04 Å². The predicted octanol–water partition coefficient (Wildman–Crippen LogP) is 3.31. The first-order valence-corrected chi connectivity index (χ1v) is 9.91. The average Bonchev–Trinajstić information content (AvgIpc) is 3.32. The quantitative estimate of drug-likeness (QED) is 0.582. The summed E-state index contributed by atoms with van der Waals surface area (Å²) in [5, 5.41) is 7.55. The Balaban J connectivity index is 1.48. The summed E-state index contributed by atoms with van der Waals surface area (Å²) in [5.74, 6) is 0.416. The number of carbonyl (C=O) groups excluding carboxylic acids is 1. The number of rotatable bonds is 3. The molecule has 3 aromatic heterocycles. The predicted molar refractivity (Wildman–Crippen MR) is 109 cm³/mol. The van der Waals surface area contributed by atoms with Gasteiger partial charge in [-0.3, -0.25) is 14.0 Å². The summed E-state index contributed by atoms with van der Waals surface area (Å²) in [6, 6.07) is 11.0. The maximum absolute atomic E-state index is 13.0. The molecule has 2 atom stereocenters. The van der Waals surface area contributed by atoms with Crippen LogP contribution >= 0.6 is 0 Å². The van der Waals surface area contributed by atoms with Crippen molar-refractivity contribution < 1.29 is 9.21 Å². The lowest BCUT2D eigenvalue weighted by Crippen LogP contribution is -2.40. The van der Waals surface area contributed by atoms with Crippen LogP contribution in [0.4, 0.5) is 0 Å². The molecule has 0 bridgehead atoms. The van der Waals surface area contributed by atoms with Crippen molar-refractivity contribution >= 4 is 22.5 Å². The molecule has 5 rings (SSSR count). The second-order valence-corrected chi connectivity index (χ2v) is 7.66. The van der Waals surface area contributed by atoms with Crippen LogP contribution in [0.25, 0.3) is 16.6 Å². The largest absolute Gasteiger partial charge is 0.463 e. The number of fused-ring (bicyclic) bond motifs is 4. The number of nitrogens with zero attached hydrogens (tertiary/aromatic N) is 3. The Hall–Kier alpha value is -3.35. The number of hydrogen-bond acceptors (Lipinski definition) is 4. The van der Waals surface area contributed by atoms with Crippen LogP contribution in [0.1, 0.15) is 48.8 Å². The molecule has 7 nitrogen and oxygen atoms in total. The molecule has 0 fully saturated rings. The number of carbonyl (C=O) groups is 1. The van der Waals surface area contributed by atoms with E-state index in [0.717, 1.165) is 30.3 Å². The SMILES string of the molecule is Cc1nn([C@@H](C)C(=O)N[C@@H]2CCCc3ccccc32)c(=O)c2cc3occc3n12. The van der Waals surface area contributed by atoms with E-state index in [-0.39, 0.29) is 17.5 Å². The second kappa shape index (κ2) is 6.62. The first-order valence-electron chi connectivity index (χ1n) is 9.91. The van der Waals surface area contributed by atoms with E-state index in [4.69, 9.17) is 4.42 Å². The fourth-order valence-corrected chi connectivity index (χ4v) is 4.36. The van der Waals surface area contributed by atoms with E-state index in [1.54, 1.807) is 29.7 Å². The molecule has 0 saturated carbocycles. The van der Waals surface area contributed by atoms with Crippen molar-refractivity contribution in [2.24, 2.45) is 0 Å². The number of aryl methyl sites for hydroxylation is 2. The lowest BCUT2D eigenvalue weighted by Gasteiger charge is -2.27. The van der Waals surface area contributed by atoms with Gasteiger partial charge < -0.3 is 9.73 Å². The van der Waals surface area contributed by atoms with Crippen molar-refractivity contribution in [2.45, 2.75) is 45.2 Å². The molecule has 0 aliphatic heterocycles. The minimum atomic E-state index is -0.721. The molecule has 0 unspecified atom stereocenters. The molecule has 0 radical (unpaired) electrons. The van der Waals surface area contributed by atoms with Crippen LogP contribution in [-0.4, -0.2) is 20.1 Å². The molecule has 1 aliphatic rings. The summed E-state index contributed by atoms with van der Waals surface area (Å²) in [7, 11) is 0. The van der Waals surface area contributed by atoms with Crippen LogP contribution < -0.4 is 10.9 Å². The molecule has 1 amide bonds. The third kappa shape index (κ3) is 2.76. The van der Waals surface area contributed by atoms with Crippen LogP contribution in [0.3, 0.4) is 0 Å². The molecule has 148 valence electrons. The van der Waals surface area contributed by atoms with Gasteiger partial charge in [0.2, 0.25) is 5.91 Å². The summed E-state index contributed by atoms with van der Waals surface area (Å²) >= 11 is 0. The fourth-order valence-electron chi connectivity index (χ4n) is 4.36. The Bertz CT molecular complexity index is 1300. The van der Waals surface area contributed by atoms with Gasteiger partial charge in [0, 0.05) is 12.1 Å². The van der Waals surface area contributed by atoms with Crippen molar-refractivity contribution in [3.05, 3.63) is 70.0 Å². The van der Waals surface area contributed by atoms with E-state index in [9.17, 15) is 9.59 Å². The molecule has 7 heteroatoms. The van der Waals surface area contributed by atoms with Gasteiger partial charge in [0.25, 0.3) is 5.56 Å². The summed E-state index contributed by atoms with van der Waals surface area (Å²) < 4.78 is 8.45. The Morgan fingerprint density at radius 2 is 2.10 bits per heavy atom. The normalized spacial score (nSPS) is 17.4. The monoisotopic (exact) mass is 390 g/mol. The highest BCUT2D eigenvalue weighted by Gasteiger charge is 2.26. The third-order valence-electron chi connectivity index (χ3n) is 5.86. The van der Waals surface area contributed by atoms with Crippen molar-refractivity contribution in [1.29, 1.82) is 0 Å². The van der Waals surface area contributed by atoms with Crippen LogP contribution in [0.15, 0.2) is 51.9 Å². The zero-order valence-corrected chi connectivity index (χ0v) is 16.4. The molecule has 4 aromatic rings. The highest BCUT2D eigenvalue weighted by atomic mass is 16.3. The summed E-state index contributed by atoms with van der Waals surface area (Å²) in [6.07, 6.45) is 4.54. The van der Waals surface area contributed by atoms with Crippen LogP contribution in [0.5, 0.6) is 0 Å². The number of benzene rings is 1. The van der Waals surface area contributed by atoms with Gasteiger partial charge in [-0.25, -0.2) is 4.68 Å². The number of aromatic nitrogens is 3. The zero-order chi connectivity index (χ0) is 20.1. The molecular weight excluding hydrogens is 368 g/mol. The highest BCUT2D eigenvalue weighted by molar-refractivity contribution is 5.83. The first kappa shape index (κ1) is 17.7. The van der Waals surface area contributed by atoms with Crippen molar-refractivity contribution in [3.8, 4) is 0 Å². The van der Waals surface area contributed by atoms with Gasteiger partial charge in [0.1, 0.15) is 17.4 Å². The molecule has 1 N–H and O–H groups in total. The fraction of sp³-hybridized carbons (Fsp3) is 0.318. The average molecular weight is 390 g/mol. The Labute approximate surface area is 166 Å². The number of hydrogen-bond donors (Lipinski definition) is 1. The lowest BCUT2D eigenvalue weighted by molar-refractivity contribution is -0.125. The summed E-state index contributed by atoms with van der Waals surface area (Å²) in [6.45, 7) is 3.53. The van der Waals surface area contributed by atoms with Gasteiger partial charge in [-0.15, -0.1) is 0 Å². The smallest absolute Gasteiger partial charge is 0.291 e. The number of furan rings is 1.